The molecule has 17 heavy (non-hydrogen) atoms. The molecule has 0 spiro atoms. The molecule has 3 rings (SSSR count). The van der Waals surface area contributed by atoms with Crippen molar-refractivity contribution in [3.8, 4) is 11.1 Å². The Labute approximate surface area is 105 Å². The summed E-state index contributed by atoms with van der Waals surface area (Å²) >= 11 is 6.00. The van der Waals surface area contributed by atoms with Crippen molar-refractivity contribution in [1.82, 2.24) is 0 Å². The van der Waals surface area contributed by atoms with Crippen molar-refractivity contribution in [2.75, 3.05) is 0 Å². The quantitative estimate of drug-likeness (QED) is 0.568. The van der Waals surface area contributed by atoms with Gasteiger partial charge in [-0.1, -0.05) is 66.2 Å². The van der Waals surface area contributed by atoms with E-state index in [1.807, 2.05) is 18.2 Å². The minimum Gasteiger partial charge on any atom is -0.140 e. The van der Waals surface area contributed by atoms with Crippen molar-refractivity contribution in [2.24, 2.45) is 10.2 Å². The lowest BCUT2D eigenvalue weighted by Crippen LogP contribution is -2.04. The van der Waals surface area contributed by atoms with Gasteiger partial charge in [0.05, 0.1) is 0 Å². The summed E-state index contributed by atoms with van der Waals surface area (Å²) in [5.41, 5.74) is 3.59. The topological polar surface area (TPSA) is 24.7 Å². The molecule has 0 aromatic heterocycles. The maximum absolute atomic E-state index is 6.00. The number of halogens is 1. The van der Waals surface area contributed by atoms with E-state index in [0.717, 1.165) is 5.56 Å². The molecule has 2 aromatic carbocycles. The van der Waals surface area contributed by atoms with Crippen LogP contribution in [-0.4, -0.2) is 5.12 Å². The standard InChI is InChI=1S/C14H11ClN2/c15-14(16-17-14)10-11-6-8-13(9-7-11)12-4-2-1-3-5-12/h1-9H,10H2. The van der Waals surface area contributed by atoms with Crippen LogP contribution in [0.4, 0.5) is 0 Å². The molecule has 0 unspecified atom stereocenters. The van der Waals surface area contributed by atoms with E-state index in [4.69, 9.17) is 11.6 Å². The van der Waals surface area contributed by atoms with Gasteiger partial charge in [-0.05, 0) is 16.7 Å². The molecule has 0 fully saturated rings. The summed E-state index contributed by atoms with van der Waals surface area (Å²) < 4.78 is 0. The van der Waals surface area contributed by atoms with Crippen LogP contribution in [0.3, 0.4) is 0 Å². The highest BCUT2D eigenvalue weighted by Gasteiger charge is 2.37. The number of hydrogen-bond donors (Lipinski definition) is 0. The molecule has 0 saturated carbocycles. The van der Waals surface area contributed by atoms with Crippen LogP contribution in [0.15, 0.2) is 64.8 Å². The average molecular weight is 243 g/mol. The van der Waals surface area contributed by atoms with Crippen LogP contribution in [0, 0.1) is 0 Å². The first-order chi connectivity index (χ1) is 8.25. The van der Waals surface area contributed by atoms with Gasteiger partial charge in [0.15, 0.2) is 0 Å². The SMILES string of the molecule is ClC1(Cc2ccc(-c3ccccc3)cc2)N=N1. The van der Waals surface area contributed by atoms with E-state index in [1.165, 1.54) is 11.1 Å². The molecule has 0 radical (unpaired) electrons. The van der Waals surface area contributed by atoms with Gasteiger partial charge in [-0.15, -0.1) is 10.2 Å². The molecule has 1 aliphatic heterocycles. The predicted molar refractivity (Wildman–Crippen MR) is 69.0 cm³/mol. The molecular weight excluding hydrogens is 232 g/mol. The highest BCUT2D eigenvalue weighted by Crippen LogP contribution is 2.36. The first-order valence-electron chi connectivity index (χ1n) is 5.53. The predicted octanol–water partition coefficient (Wildman–Crippen LogP) is 4.25. The maximum atomic E-state index is 6.00. The summed E-state index contributed by atoms with van der Waals surface area (Å²) in [7, 11) is 0. The van der Waals surface area contributed by atoms with E-state index in [1.54, 1.807) is 0 Å². The lowest BCUT2D eigenvalue weighted by molar-refractivity contribution is 0.824. The monoisotopic (exact) mass is 242 g/mol. The van der Waals surface area contributed by atoms with Crippen molar-refractivity contribution in [3.63, 3.8) is 0 Å². The van der Waals surface area contributed by atoms with Crippen molar-refractivity contribution < 1.29 is 0 Å². The van der Waals surface area contributed by atoms with E-state index in [9.17, 15) is 0 Å². The normalized spacial score (nSPS) is 15.8. The zero-order chi connectivity index (χ0) is 11.7. The van der Waals surface area contributed by atoms with Crippen molar-refractivity contribution in [3.05, 3.63) is 60.2 Å². The van der Waals surface area contributed by atoms with Crippen molar-refractivity contribution in [1.29, 1.82) is 0 Å². The third kappa shape index (κ3) is 2.37. The highest BCUT2D eigenvalue weighted by molar-refractivity contribution is 6.24. The Hall–Kier alpha value is -1.67. The van der Waals surface area contributed by atoms with Crippen LogP contribution in [0.5, 0.6) is 0 Å². The molecule has 0 saturated heterocycles. The fourth-order valence-electron chi connectivity index (χ4n) is 1.83. The number of nitrogens with zero attached hydrogens (tertiary/aromatic N) is 2. The van der Waals surface area contributed by atoms with Crippen LogP contribution in [-0.2, 0) is 6.42 Å². The largest absolute Gasteiger partial charge is 0.267 e. The van der Waals surface area contributed by atoms with Crippen LogP contribution in [0.1, 0.15) is 5.56 Å². The first kappa shape index (κ1) is 10.5. The van der Waals surface area contributed by atoms with Gasteiger partial charge in [0.1, 0.15) is 0 Å². The molecule has 3 heteroatoms. The van der Waals surface area contributed by atoms with Gasteiger partial charge >= 0.3 is 0 Å². The Morgan fingerprint density at radius 1 is 0.824 bits per heavy atom. The summed E-state index contributed by atoms with van der Waals surface area (Å²) in [5, 5.41) is 6.93. The summed E-state index contributed by atoms with van der Waals surface area (Å²) in [6, 6.07) is 18.7. The summed E-state index contributed by atoms with van der Waals surface area (Å²) in [6.07, 6.45) is 0.670. The van der Waals surface area contributed by atoms with E-state index in [0.29, 0.717) is 6.42 Å². The molecule has 0 N–H and O–H groups in total. The number of benzene rings is 2. The Kier molecular flexibility index (Phi) is 2.45. The van der Waals surface area contributed by atoms with Gasteiger partial charge < -0.3 is 0 Å². The molecule has 0 bridgehead atoms. The van der Waals surface area contributed by atoms with Crippen LogP contribution < -0.4 is 0 Å². The minimum atomic E-state index is -0.672. The minimum absolute atomic E-state index is 0.670. The van der Waals surface area contributed by atoms with Gasteiger partial charge in [-0.25, -0.2) is 0 Å². The lowest BCUT2D eigenvalue weighted by atomic mass is 10.0. The summed E-state index contributed by atoms with van der Waals surface area (Å²) in [5.74, 6) is 0. The molecule has 1 heterocycles. The highest BCUT2D eigenvalue weighted by atomic mass is 35.5. The fourth-order valence-corrected chi connectivity index (χ4v) is 2.02. The molecule has 0 amide bonds. The molecule has 1 aliphatic rings. The van der Waals surface area contributed by atoms with Gasteiger partial charge in [-0.3, -0.25) is 0 Å². The molecular formula is C14H11ClN2. The lowest BCUT2D eigenvalue weighted by Gasteiger charge is -2.05. The average Bonchev–Trinajstić information content (AvgIpc) is 3.09. The molecule has 2 aromatic rings. The zero-order valence-electron chi connectivity index (χ0n) is 9.18. The second kappa shape index (κ2) is 3.97. The Morgan fingerprint density at radius 2 is 1.41 bits per heavy atom. The second-order valence-electron chi connectivity index (χ2n) is 4.16. The number of hydrogen-bond acceptors (Lipinski definition) is 2. The van der Waals surface area contributed by atoms with Gasteiger partial charge in [0, 0.05) is 6.42 Å². The van der Waals surface area contributed by atoms with Crippen molar-refractivity contribution >= 4 is 11.6 Å². The molecule has 0 aliphatic carbocycles. The van der Waals surface area contributed by atoms with Crippen LogP contribution >= 0.6 is 11.6 Å². The Morgan fingerprint density at radius 3 is 2.00 bits per heavy atom. The van der Waals surface area contributed by atoms with Gasteiger partial charge in [0.2, 0.25) is 0 Å². The Balaban J connectivity index is 1.80. The smallest absolute Gasteiger partial charge is 0.140 e. The maximum Gasteiger partial charge on any atom is 0.267 e. The molecule has 84 valence electrons. The van der Waals surface area contributed by atoms with Gasteiger partial charge in [-0.2, -0.15) is 0 Å². The second-order valence-corrected chi connectivity index (χ2v) is 4.76. The van der Waals surface area contributed by atoms with E-state index < -0.39 is 5.12 Å². The summed E-state index contributed by atoms with van der Waals surface area (Å²) in [6.45, 7) is 0. The van der Waals surface area contributed by atoms with E-state index >= 15 is 0 Å². The fraction of sp³-hybridized carbons (Fsp3) is 0.143. The Bertz CT molecular complexity index is 540. The number of alkyl halides is 1. The van der Waals surface area contributed by atoms with Gasteiger partial charge in [0.25, 0.3) is 5.12 Å². The zero-order valence-corrected chi connectivity index (χ0v) is 9.93. The number of rotatable bonds is 3. The van der Waals surface area contributed by atoms with E-state index in [-0.39, 0.29) is 0 Å². The molecule has 0 atom stereocenters. The summed E-state index contributed by atoms with van der Waals surface area (Å²) in [4.78, 5) is 0. The third-order valence-corrected chi connectivity index (χ3v) is 3.09. The van der Waals surface area contributed by atoms with E-state index in [2.05, 4.69) is 46.6 Å². The van der Waals surface area contributed by atoms with Crippen molar-refractivity contribution in [2.45, 2.75) is 11.5 Å². The van der Waals surface area contributed by atoms with Crippen LogP contribution in [0.2, 0.25) is 0 Å². The first-order valence-corrected chi connectivity index (χ1v) is 5.90. The van der Waals surface area contributed by atoms with Crippen LogP contribution in [0.25, 0.3) is 11.1 Å². The third-order valence-electron chi connectivity index (χ3n) is 2.81. The molecule has 2 nitrogen and oxygen atoms in total.